The van der Waals surface area contributed by atoms with Crippen LogP contribution in [-0.4, -0.2) is 59.0 Å². The number of hydrogen-bond donors (Lipinski definition) is 1. The van der Waals surface area contributed by atoms with Crippen molar-refractivity contribution in [3.8, 4) is 5.75 Å². The molecule has 3 aromatic rings. The van der Waals surface area contributed by atoms with Crippen LogP contribution < -0.4 is 10.1 Å². The second-order valence-corrected chi connectivity index (χ2v) is 9.45. The molecule has 0 radical (unpaired) electrons. The predicted octanol–water partition coefficient (Wildman–Crippen LogP) is 4.01. The molecule has 2 saturated heterocycles. The lowest BCUT2D eigenvalue weighted by molar-refractivity contribution is -0.0843. The monoisotopic (exact) mass is 462 g/mol. The van der Waals surface area contributed by atoms with Crippen LogP contribution in [0.3, 0.4) is 0 Å². The summed E-state index contributed by atoms with van der Waals surface area (Å²) in [4.78, 5) is 15.9. The number of hydrogen-bond acceptors (Lipinski definition) is 5. The van der Waals surface area contributed by atoms with Gasteiger partial charge in [-0.1, -0.05) is 43.7 Å². The summed E-state index contributed by atoms with van der Waals surface area (Å²) in [6.45, 7) is 5.29. The smallest absolute Gasteiger partial charge is 0.272 e. The van der Waals surface area contributed by atoms with Gasteiger partial charge >= 0.3 is 0 Å². The van der Waals surface area contributed by atoms with Crippen LogP contribution in [0.4, 0.5) is 0 Å². The molecular formula is C27H34N4O3. The molecule has 0 aliphatic carbocycles. The Bertz CT molecular complexity index is 1110. The van der Waals surface area contributed by atoms with E-state index >= 15 is 0 Å². The summed E-state index contributed by atoms with van der Waals surface area (Å²) in [5, 5.41) is 8.95. The van der Waals surface area contributed by atoms with Gasteiger partial charge in [0.2, 0.25) is 0 Å². The van der Waals surface area contributed by atoms with E-state index in [4.69, 9.17) is 14.6 Å². The highest BCUT2D eigenvalue weighted by Crippen LogP contribution is 2.30. The number of unbranched alkanes of at least 4 members (excludes halogenated alkanes) is 1. The van der Waals surface area contributed by atoms with Crippen LogP contribution in [-0.2, 0) is 17.8 Å². The Hall–Kier alpha value is -2.90. The molecule has 2 unspecified atom stereocenters. The first kappa shape index (κ1) is 22.9. The second-order valence-electron chi connectivity index (χ2n) is 9.45. The largest absolute Gasteiger partial charge is 0.497 e. The minimum Gasteiger partial charge on any atom is -0.497 e. The van der Waals surface area contributed by atoms with Gasteiger partial charge < -0.3 is 14.8 Å². The number of morpholine rings is 1. The number of aromatic nitrogens is 2. The summed E-state index contributed by atoms with van der Waals surface area (Å²) < 4.78 is 13.2. The maximum atomic E-state index is 13.3. The molecule has 2 atom stereocenters. The number of carbonyl (C=O) groups excluding carboxylic acids is 1. The Morgan fingerprint density at radius 1 is 1.12 bits per heavy atom. The lowest BCUT2D eigenvalue weighted by Crippen LogP contribution is -2.60. The fourth-order valence-electron chi connectivity index (χ4n) is 5.33. The molecule has 3 heterocycles. The SMILES string of the molecule is CCCCn1nc(C(=O)NC2CC3COCC(C2)N3Cc2ccc(OC)cc2)c2ccccc21. The molecule has 2 aliphatic rings. The van der Waals surface area contributed by atoms with Gasteiger partial charge in [0, 0.05) is 36.6 Å². The van der Waals surface area contributed by atoms with Crippen LogP contribution in [0.2, 0.25) is 0 Å². The molecule has 7 heteroatoms. The van der Waals surface area contributed by atoms with E-state index in [-0.39, 0.29) is 11.9 Å². The highest BCUT2D eigenvalue weighted by Gasteiger charge is 2.39. The first-order valence-electron chi connectivity index (χ1n) is 12.4. The average Bonchev–Trinajstić information content (AvgIpc) is 3.22. The first-order chi connectivity index (χ1) is 16.7. The van der Waals surface area contributed by atoms with E-state index in [9.17, 15) is 4.79 Å². The van der Waals surface area contributed by atoms with Crippen molar-refractivity contribution in [2.45, 2.75) is 63.8 Å². The first-order valence-corrected chi connectivity index (χ1v) is 12.4. The normalized spacial score (nSPS) is 22.6. The zero-order valence-corrected chi connectivity index (χ0v) is 20.1. The van der Waals surface area contributed by atoms with Crippen molar-refractivity contribution in [3.63, 3.8) is 0 Å². The number of carbonyl (C=O) groups is 1. The van der Waals surface area contributed by atoms with Crippen LogP contribution >= 0.6 is 0 Å². The summed E-state index contributed by atoms with van der Waals surface area (Å²) in [7, 11) is 1.69. The quantitative estimate of drug-likeness (QED) is 0.548. The van der Waals surface area contributed by atoms with Gasteiger partial charge in [-0.3, -0.25) is 14.4 Å². The molecule has 2 aromatic carbocycles. The van der Waals surface area contributed by atoms with Crippen molar-refractivity contribution in [2.75, 3.05) is 20.3 Å². The van der Waals surface area contributed by atoms with E-state index in [1.807, 2.05) is 41.1 Å². The average molecular weight is 463 g/mol. The van der Waals surface area contributed by atoms with E-state index < -0.39 is 0 Å². The predicted molar refractivity (Wildman–Crippen MR) is 132 cm³/mol. The molecule has 1 N–H and O–H groups in total. The summed E-state index contributed by atoms with van der Waals surface area (Å²) >= 11 is 0. The molecule has 7 nitrogen and oxygen atoms in total. The van der Waals surface area contributed by atoms with Crippen LogP contribution in [0, 0.1) is 0 Å². The molecular weight excluding hydrogens is 428 g/mol. The third-order valence-electron chi connectivity index (χ3n) is 7.13. The number of rotatable bonds is 8. The minimum absolute atomic E-state index is 0.0703. The highest BCUT2D eigenvalue weighted by atomic mass is 16.5. The topological polar surface area (TPSA) is 68.6 Å². The number of para-hydroxylation sites is 1. The zero-order chi connectivity index (χ0) is 23.5. The Morgan fingerprint density at radius 2 is 1.85 bits per heavy atom. The van der Waals surface area contributed by atoms with Crippen LogP contribution in [0.1, 0.15) is 48.7 Å². The minimum atomic E-state index is -0.0703. The number of piperidine rings is 1. The van der Waals surface area contributed by atoms with Gasteiger partial charge in [-0.25, -0.2) is 0 Å². The van der Waals surface area contributed by atoms with E-state index in [1.54, 1.807) is 7.11 Å². The lowest BCUT2D eigenvalue weighted by atomic mass is 9.89. The number of methoxy groups -OCH3 is 1. The van der Waals surface area contributed by atoms with Gasteiger partial charge in [0.15, 0.2) is 5.69 Å². The number of nitrogens with zero attached hydrogens (tertiary/aromatic N) is 3. The van der Waals surface area contributed by atoms with Crippen molar-refractivity contribution in [2.24, 2.45) is 0 Å². The van der Waals surface area contributed by atoms with Gasteiger partial charge in [-0.05, 0) is 43.0 Å². The van der Waals surface area contributed by atoms with Gasteiger partial charge in [-0.15, -0.1) is 0 Å². The van der Waals surface area contributed by atoms with E-state index in [0.29, 0.717) is 31.0 Å². The van der Waals surface area contributed by atoms with Crippen LogP contribution in [0.5, 0.6) is 5.75 Å². The van der Waals surface area contributed by atoms with Gasteiger partial charge in [0.25, 0.3) is 5.91 Å². The fraction of sp³-hybridized carbons (Fsp3) is 0.481. The fourth-order valence-corrected chi connectivity index (χ4v) is 5.33. The van der Waals surface area contributed by atoms with Crippen molar-refractivity contribution in [1.29, 1.82) is 0 Å². The Balaban J connectivity index is 1.28. The summed E-state index contributed by atoms with van der Waals surface area (Å²) in [6, 6.07) is 17.0. The number of aryl methyl sites for hydroxylation is 1. The Labute approximate surface area is 201 Å². The molecule has 0 saturated carbocycles. The maximum absolute atomic E-state index is 13.3. The molecule has 2 aliphatic heterocycles. The number of ether oxygens (including phenoxy) is 2. The van der Waals surface area contributed by atoms with Crippen molar-refractivity contribution in [1.82, 2.24) is 20.0 Å². The van der Waals surface area contributed by atoms with E-state index in [1.165, 1.54) is 5.56 Å². The van der Waals surface area contributed by atoms with E-state index in [0.717, 1.165) is 55.4 Å². The lowest BCUT2D eigenvalue weighted by Gasteiger charge is -2.48. The molecule has 5 rings (SSSR count). The van der Waals surface area contributed by atoms with E-state index in [2.05, 4.69) is 29.3 Å². The highest BCUT2D eigenvalue weighted by molar-refractivity contribution is 6.05. The van der Waals surface area contributed by atoms with Crippen molar-refractivity contribution >= 4 is 16.8 Å². The summed E-state index contributed by atoms with van der Waals surface area (Å²) in [6.07, 6.45) is 3.90. The standard InChI is InChI=1S/C27H34N4O3/c1-3-4-13-31-25-8-6-5-7-24(25)26(29-31)27(32)28-20-14-21-17-34-18-22(15-20)30(21)16-19-9-11-23(33-2)12-10-19/h5-12,20-22H,3-4,13-18H2,1-2H3,(H,28,32). The molecule has 2 bridgehead atoms. The summed E-state index contributed by atoms with van der Waals surface area (Å²) in [5.41, 5.74) is 2.83. The maximum Gasteiger partial charge on any atom is 0.272 e. The summed E-state index contributed by atoms with van der Waals surface area (Å²) in [5.74, 6) is 0.803. The van der Waals surface area contributed by atoms with Crippen LogP contribution in [0.15, 0.2) is 48.5 Å². The van der Waals surface area contributed by atoms with Crippen molar-refractivity contribution in [3.05, 3.63) is 59.8 Å². The van der Waals surface area contributed by atoms with Crippen LogP contribution in [0.25, 0.3) is 10.9 Å². The third-order valence-corrected chi connectivity index (χ3v) is 7.13. The van der Waals surface area contributed by atoms with Gasteiger partial charge in [0.05, 0.1) is 25.8 Å². The molecule has 180 valence electrons. The Morgan fingerprint density at radius 3 is 2.56 bits per heavy atom. The molecule has 0 spiro atoms. The number of fused-ring (bicyclic) bond motifs is 3. The third kappa shape index (κ3) is 4.68. The molecule has 1 aromatic heterocycles. The molecule has 34 heavy (non-hydrogen) atoms. The second kappa shape index (κ2) is 10.2. The molecule has 1 amide bonds. The number of nitrogens with one attached hydrogen (secondary N) is 1. The number of amides is 1. The molecule has 2 fully saturated rings. The Kier molecular flexibility index (Phi) is 6.83. The van der Waals surface area contributed by atoms with Crippen molar-refractivity contribution < 1.29 is 14.3 Å². The van der Waals surface area contributed by atoms with Gasteiger partial charge in [0.1, 0.15) is 5.75 Å². The number of benzene rings is 2. The van der Waals surface area contributed by atoms with Gasteiger partial charge in [-0.2, -0.15) is 5.10 Å². The zero-order valence-electron chi connectivity index (χ0n) is 20.1.